The highest BCUT2D eigenvalue weighted by Gasteiger charge is 2.15. The van der Waals surface area contributed by atoms with Gasteiger partial charge in [0.2, 0.25) is 5.88 Å². The topological polar surface area (TPSA) is 75.5 Å². The molecule has 0 aliphatic carbocycles. The summed E-state index contributed by atoms with van der Waals surface area (Å²) in [6, 6.07) is 3.29. The van der Waals surface area contributed by atoms with Crippen LogP contribution in [0.5, 0.6) is 5.88 Å². The number of rotatable bonds is 4. The Bertz CT molecular complexity index is 562. The van der Waals surface area contributed by atoms with Gasteiger partial charge < -0.3 is 14.9 Å². The Morgan fingerprint density at radius 2 is 2.22 bits per heavy atom. The van der Waals surface area contributed by atoms with Gasteiger partial charge in [0.15, 0.2) is 0 Å². The SMILES string of the molecule is COc1ccc2ncc(F)c(C[C@H](O)CO)c2n1. The molecule has 0 aliphatic rings. The Balaban J connectivity index is 2.56. The number of aromatic nitrogens is 2. The number of fused-ring (bicyclic) bond motifs is 1. The average molecular weight is 252 g/mol. The van der Waals surface area contributed by atoms with Gasteiger partial charge in [-0.3, -0.25) is 4.98 Å². The van der Waals surface area contributed by atoms with Crippen LogP contribution in [0, 0.1) is 5.82 Å². The minimum atomic E-state index is -1.03. The Hall–Kier alpha value is -1.79. The third-order valence-electron chi connectivity index (χ3n) is 2.60. The van der Waals surface area contributed by atoms with E-state index in [4.69, 9.17) is 9.84 Å². The van der Waals surface area contributed by atoms with E-state index in [1.54, 1.807) is 12.1 Å². The average Bonchev–Trinajstić information content (AvgIpc) is 2.41. The third-order valence-corrected chi connectivity index (χ3v) is 2.60. The maximum absolute atomic E-state index is 13.7. The minimum absolute atomic E-state index is 0.0263. The fourth-order valence-electron chi connectivity index (χ4n) is 1.69. The lowest BCUT2D eigenvalue weighted by Crippen LogP contribution is -2.16. The van der Waals surface area contributed by atoms with Crippen LogP contribution in [0.3, 0.4) is 0 Å². The van der Waals surface area contributed by atoms with Gasteiger partial charge in [-0.05, 0) is 6.07 Å². The molecule has 0 aliphatic heterocycles. The van der Waals surface area contributed by atoms with Crippen LogP contribution in [0.25, 0.3) is 11.0 Å². The number of methoxy groups -OCH3 is 1. The number of halogens is 1. The van der Waals surface area contributed by atoms with Crippen LogP contribution in [0.4, 0.5) is 4.39 Å². The molecule has 96 valence electrons. The first-order chi connectivity index (χ1) is 8.65. The second-order valence-corrected chi connectivity index (χ2v) is 3.85. The molecule has 0 amide bonds. The molecule has 0 saturated carbocycles. The standard InChI is InChI=1S/C12H13FN2O3/c1-18-11-3-2-10-12(15-11)8(4-7(17)6-16)9(13)5-14-10/h2-3,5,7,16-17H,4,6H2,1H3/t7-/m0/s1. The van der Waals surface area contributed by atoms with Gasteiger partial charge in [0, 0.05) is 18.1 Å². The fraction of sp³-hybridized carbons (Fsp3) is 0.333. The van der Waals surface area contributed by atoms with Crippen LogP contribution >= 0.6 is 0 Å². The summed E-state index contributed by atoms with van der Waals surface area (Å²) in [5, 5.41) is 18.3. The van der Waals surface area contributed by atoms with Crippen molar-refractivity contribution in [1.29, 1.82) is 0 Å². The summed E-state index contributed by atoms with van der Waals surface area (Å²) >= 11 is 0. The monoisotopic (exact) mass is 252 g/mol. The van der Waals surface area contributed by atoms with Crippen molar-refractivity contribution in [2.45, 2.75) is 12.5 Å². The normalized spacial score (nSPS) is 12.7. The molecule has 2 aromatic rings. The highest BCUT2D eigenvalue weighted by molar-refractivity contribution is 5.78. The highest BCUT2D eigenvalue weighted by Crippen LogP contribution is 2.22. The van der Waals surface area contributed by atoms with E-state index in [1.165, 1.54) is 7.11 Å². The van der Waals surface area contributed by atoms with Crippen LogP contribution in [-0.4, -0.2) is 40.0 Å². The lowest BCUT2D eigenvalue weighted by molar-refractivity contribution is 0.0950. The lowest BCUT2D eigenvalue weighted by Gasteiger charge is -2.10. The summed E-state index contributed by atoms with van der Waals surface area (Å²) in [5.74, 6) is -0.217. The summed E-state index contributed by atoms with van der Waals surface area (Å²) in [7, 11) is 1.46. The molecule has 0 unspecified atom stereocenters. The van der Waals surface area contributed by atoms with Crippen molar-refractivity contribution in [2.75, 3.05) is 13.7 Å². The van der Waals surface area contributed by atoms with Crippen LogP contribution in [0.1, 0.15) is 5.56 Å². The number of aliphatic hydroxyl groups is 2. The molecule has 2 rings (SSSR count). The zero-order valence-corrected chi connectivity index (χ0v) is 9.80. The quantitative estimate of drug-likeness (QED) is 0.836. The third kappa shape index (κ3) is 2.39. The van der Waals surface area contributed by atoms with Crippen LogP contribution in [0.15, 0.2) is 18.3 Å². The van der Waals surface area contributed by atoms with Gasteiger partial charge in [0.1, 0.15) is 5.82 Å². The number of nitrogens with zero attached hydrogens (tertiary/aromatic N) is 2. The summed E-state index contributed by atoms with van der Waals surface area (Å²) < 4.78 is 18.7. The Kier molecular flexibility index (Phi) is 3.69. The van der Waals surface area contributed by atoms with Gasteiger partial charge in [-0.1, -0.05) is 0 Å². The fourth-order valence-corrected chi connectivity index (χ4v) is 1.69. The molecule has 6 heteroatoms. The molecule has 0 aromatic carbocycles. The predicted molar refractivity (Wildman–Crippen MR) is 62.8 cm³/mol. The number of ether oxygens (including phenoxy) is 1. The van der Waals surface area contributed by atoms with Crippen LogP contribution in [-0.2, 0) is 6.42 Å². The first-order valence-electron chi connectivity index (χ1n) is 5.42. The number of aliphatic hydroxyl groups excluding tert-OH is 2. The van der Waals surface area contributed by atoms with E-state index < -0.39 is 18.5 Å². The number of hydrogen-bond acceptors (Lipinski definition) is 5. The van der Waals surface area contributed by atoms with Crippen molar-refractivity contribution < 1.29 is 19.3 Å². The lowest BCUT2D eigenvalue weighted by atomic mass is 10.1. The molecule has 0 bridgehead atoms. The van der Waals surface area contributed by atoms with E-state index in [1.807, 2.05) is 0 Å². The molecule has 2 aromatic heterocycles. The molecule has 5 nitrogen and oxygen atoms in total. The van der Waals surface area contributed by atoms with E-state index in [9.17, 15) is 9.50 Å². The van der Waals surface area contributed by atoms with E-state index in [0.29, 0.717) is 16.9 Å². The second-order valence-electron chi connectivity index (χ2n) is 3.85. The predicted octanol–water partition coefficient (Wildman–Crippen LogP) is 0.673. The molecule has 2 N–H and O–H groups in total. The van der Waals surface area contributed by atoms with Gasteiger partial charge in [-0.15, -0.1) is 0 Å². The van der Waals surface area contributed by atoms with Gasteiger partial charge in [0.05, 0.1) is 37.1 Å². The molecule has 0 radical (unpaired) electrons. The van der Waals surface area contributed by atoms with Crippen molar-refractivity contribution in [3.63, 3.8) is 0 Å². The zero-order chi connectivity index (χ0) is 13.1. The van der Waals surface area contributed by atoms with Crippen molar-refractivity contribution in [3.05, 3.63) is 29.7 Å². The van der Waals surface area contributed by atoms with E-state index in [0.717, 1.165) is 6.20 Å². The molecule has 2 heterocycles. The van der Waals surface area contributed by atoms with Crippen LogP contribution < -0.4 is 4.74 Å². The van der Waals surface area contributed by atoms with Crippen molar-refractivity contribution in [2.24, 2.45) is 0 Å². The Morgan fingerprint density at radius 1 is 1.44 bits per heavy atom. The van der Waals surface area contributed by atoms with Crippen LogP contribution in [0.2, 0.25) is 0 Å². The maximum Gasteiger partial charge on any atom is 0.213 e. The van der Waals surface area contributed by atoms with Gasteiger partial charge in [-0.25, -0.2) is 9.37 Å². The maximum atomic E-state index is 13.7. The summed E-state index contributed by atoms with van der Waals surface area (Å²) in [6.45, 7) is -0.437. The van der Waals surface area contributed by atoms with E-state index in [2.05, 4.69) is 9.97 Å². The first kappa shape index (κ1) is 12.7. The smallest absolute Gasteiger partial charge is 0.213 e. The zero-order valence-electron chi connectivity index (χ0n) is 9.80. The van der Waals surface area contributed by atoms with E-state index in [-0.39, 0.29) is 12.0 Å². The summed E-state index contributed by atoms with van der Waals surface area (Å²) in [4.78, 5) is 8.04. The molecule has 0 fully saturated rings. The largest absolute Gasteiger partial charge is 0.481 e. The molecule has 18 heavy (non-hydrogen) atoms. The number of pyridine rings is 2. The summed E-state index contributed by atoms with van der Waals surface area (Å²) in [5.41, 5.74) is 1.07. The van der Waals surface area contributed by atoms with Gasteiger partial charge in [-0.2, -0.15) is 0 Å². The first-order valence-corrected chi connectivity index (χ1v) is 5.42. The Labute approximate surface area is 103 Å². The van der Waals surface area contributed by atoms with Crippen molar-refractivity contribution >= 4 is 11.0 Å². The molecular formula is C12H13FN2O3. The molecule has 0 spiro atoms. The van der Waals surface area contributed by atoms with Crippen molar-refractivity contribution in [1.82, 2.24) is 9.97 Å². The van der Waals surface area contributed by atoms with Gasteiger partial charge >= 0.3 is 0 Å². The highest BCUT2D eigenvalue weighted by atomic mass is 19.1. The molecule has 0 saturated heterocycles. The Morgan fingerprint density at radius 3 is 2.89 bits per heavy atom. The molecule has 1 atom stereocenters. The minimum Gasteiger partial charge on any atom is -0.481 e. The van der Waals surface area contributed by atoms with E-state index >= 15 is 0 Å². The van der Waals surface area contributed by atoms with Gasteiger partial charge in [0.25, 0.3) is 0 Å². The number of hydrogen-bond donors (Lipinski definition) is 2. The van der Waals surface area contributed by atoms with Crippen molar-refractivity contribution in [3.8, 4) is 5.88 Å². The second kappa shape index (κ2) is 5.24. The summed E-state index contributed by atoms with van der Waals surface area (Å²) in [6.07, 6.45) is 0.0235. The molecular weight excluding hydrogens is 239 g/mol.